The minimum atomic E-state index is -0.0376. The number of hydrogen-bond donors (Lipinski definition) is 1. The smallest absolute Gasteiger partial charge is 0.285 e. The van der Waals surface area contributed by atoms with Gasteiger partial charge in [-0.1, -0.05) is 13.8 Å². The van der Waals surface area contributed by atoms with Crippen LogP contribution >= 0.6 is 0 Å². The van der Waals surface area contributed by atoms with Crippen molar-refractivity contribution in [1.82, 2.24) is 5.32 Å². The fourth-order valence-electron chi connectivity index (χ4n) is 1.37. The Balaban J connectivity index is 2.59. The molecule has 0 aliphatic rings. The van der Waals surface area contributed by atoms with E-state index in [9.17, 15) is 9.59 Å². The quantitative estimate of drug-likeness (QED) is 0.610. The molecule has 0 bridgehead atoms. The van der Waals surface area contributed by atoms with Crippen LogP contribution in [0.3, 0.4) is 0 Å². The molecule has 0 spiro atoms. The highest BCUT2D eigenvalue weighted by Crippen LogP contribution is 1.95. The summed E-state index contributed by atoms with van der Waals surface area (Å²) in [6.07, 6.45) is 3.47. The van der Waals surface area contributed by atoms with E-state index in [2.05, 4.69) is 5.32 Å². The Morgan fingerprint density at radius 3 is 2.71 bits per heavy atom. The fourth-order valence-corrected chi connectivity index (χ4v) is 1.37. The van der Waals surface area contributed by atoms with E-state index >= 15 is 0 Å². The standard InChI is InChI=1S/C13H18N2O2/c1-10(2)7-14-13(17)9-15-6-4-5-12(8-15)11(3)16/h4-6,8,10H,7,9H2,1-3H3/p+1. The summed E-state index contributed by atoms with van der Waals surface area (Å²) < 4.78 is 1.71. The third kappa shape index (κ3) is 4.76. The van der Waals surface area contributed by atoms with Crippen LogP contribution in [0.2, 0.25) is 0 Å². The van der Waals surface area contributed by atoms with Crippen LogP contribution in [-0.4, -0.2) is 18.2 Å². The highest BCUT2D eigenvalue weighted by molar-refractivity contribution is 5.93. The molecule has 1 amide bonds. The molecule has 1 rings (SSSR count). The summed E-state index contributed by atoms with van der Waals surface area (Å²) in [5.74, 6) is 0.402. The van der Waals surface area contributed by atoms with E-state index < -0.39 is 0 Å². The van der Waals surface area contributed by atoms with Crippen molar-refractivity contribution in [2.75, 3.05) is 6.54 Å². The van der Waals surface area contributed by atoms with Crippen LogP contribution in [0, 0.1) is 5.92 Å². The lowest BCUT2D eigenvalue weighted by Gasteiger charge is -2.05. The van der Waals surface area contributed by atoms with Crippen molar-refractivity contribution in [3.8, 4) is 0 Å². The lowest BCUT2D eigenvalue weighted by atomic mass is 10.2. The second kappa shape index (κ2) is 6.13. The SMILES string of the molecule is CC(=O)c1ccc[n+](CC(=O)NCC(C)C)c1. The Hall–Kier alpha value is -1.71. The molecule has 1 heterocycles. The number of Topliss-reactive ketones (excluding diaryl/α,β-unsaturated/α-hetero) is 1. The summed E-state index contributed by atoms with van der Waals surface area (Å²) >= 11 is 0. The average Bonchev–Trinajstić information content (AvgIpc) is 2.26. The first-order valence-electron chi connectivity index (χ1n) is 5.75. The Kier molecular flexibility index (Phi) is 4.82. The van der Waals surface area contributed by atoms with Crippen LogP contribution in [0.25, 0.3) is 0 Å². The van der Waals surface area contributed by atoms with E-state index in [1.54, 1.807) is 29.1 Å². The van der Waals surface area contributed by atoms with Gasteiger partial charge in [0.05, 0.1) is 5.56 Å². The minimum absolute atomic E-state index is 0.00179. The zero-order valence-electron chi connectivity index (χ0n) is 10.6. The van der Waals surface area contributed by atoms with E-state index in [0.717, 1.165) is 0 Å². The molecular weight excluding hydrogens is 216 g/mol. The van der Waals surface area contributed by atoms with Crippen LogP contribution in [0.15, 0.2) is 24.5 Å². The highest BCUT2D eigenvalue weighted by Gasteiger charge is 2.11. The Morgan fingerprint density at radius 1 is 1.41 bits per heavy atom. The molecule has 0 unspecified atom stereocenters. The van der Waals surface area contributed by atoms with E-state index in [0.29, 0.717) is 18.0 Å². The predicted molar refractivity (Wildman–Crippen MR) is 64.5 cm³/mol. The molecule has 4 heteroatoms. The summed E-state index contributed by atoms with van der Waals surface area (Å²) in [4.78, 5) is 22.8. The van der Waals surface area contributed by atoms with Gasteiger partial charge in [0.2, 0.25) is 6.54 Å². The normalized spacial score (nSPS) is 10.4. The van der Waals surface area contributed by atoms with Gasteiger partial charge in [-0.15, -0.1) is 0 Å². The second-order valence-corrected chi connectivity index (χ2v) is 4.52. The van der Waals surface area contributed by atoms with Gasteiger partial charge in [0.15, 0.2) is 18.2 Å². The lowest BCUT2D eigenvalue weighted by Crippen LogP contribution is -2.43. The van der Waals surface area contributed by atoms with Crippen molar-refractivity contribution in [2.45, 2.75) is 27.3 Å². The van der Waals surface area contributed by atoms with Gasteiger partial charge in [-0.3, -0.25) is 9.59 Å². The molecule has 92 valence electrons. The van der Waals surface area contributed by atoms with Crippen molar-refractivity contribution in [3.63, 3.8) is 0 Å². The predicted octanol–water partition coefficient (Wildman–Crippen LogP) is 0.949. The largest absolute Gasteiger partial charge is 0.350 e. The molecule has 0 aliphatic carbocycles. The van der Waals surface area contributed by atoms with Crippen molar-refractivity contribution in [2.24, 2.45) is 5.92 Å². The summed E-state index contributed by atoms with van der Waals surface area (Å²) in [6.45, 7) is 6.52. The number of ketones is 1. The number of amides is 1. The number of nitrogens with one attached hydrogen (secondary N) is 1. The molecule has 1 aromatic heterocycles. The summed E-state index contributed by atoms with van der Waals surface area (Å²) in [5.41, 5.74) is 0.615. The summed E-state index contributed by atoms with van der Waals surface area (Å²) in [5, 5.41) is 2.83. The molecule has 1 N–H and O–H groups in total. The first-order valence-corrected chi connectivity index (χ1v) is 5.75. The van der Waals surface area contributed by atoms with E-state index in [-0.39, 0.29) is 18.2 Å². The molecule has 0 saturated heterocycles. The molecule has 0 atom stereocenters. The maximum Gasteiger partial charge on any atom is 0.285 e. The first-order chi connectivity index (χ1) is 7.99. The average molecular weight is 235 g/mol. The van der Waals surface area contributed by atoms with E-state index in [1.807, 2.05) is 13.8 Å². The molecule has 17 heavy (non-hydrogen) atoms. The zero-order valence-corrected chi connectivity index (χ0v) is 10.6. The molecule has 0 radical (unpaired) electrons. The van der Waals surface area contributed by atoms with Crippen molar-refractivity contribution >= 4 is 11.7 Å². The Labute approximate surface area is 102 Å². The number of nitrogens with zero attached hydrogens (tertiary/aromatic N) is 1. The Morgan fingerprint density at radius 2 is 2.12 bits per heavy atom. The van der Waals surface area contributed by atoms with Gasteiger partial charge >= 0.3 is 0 Å². The second-order valence-electron chi connectivity index (χ2n) is 4.52. The van der Waals surface area contributed by atoms with Gasteiger partial charge in [0.25, 0.3) is 5.91 Å². The number of carbonyl (C=O) groups is 2. The van der Waals surface area contributed by atoms with Gasteiger partial charge in [-0.05, 0) is 18.9 Å². The van der Waals surface area contributed by atoms with Crippen LogP contribution in [0.1, 0.15) is 31.1 Å². The van der Waals surface area contributed by atoms with Crippen LogP contribution in [0.5, 0.6) is 0 Å². The van der Waals surface area contributed by atoms with Crippen LogP contribution in [-0.2, 0) is 11.3 Å². The maximum atomic E-state index is 11.6. The molecular formula is C13H19N2O2+. The van der Waals surface area contributed by atoms with Gasteiger partial charge in [-0.2, -0.15) is 4.57 Å². The third-order valence-electron chi connectivity index (χ3n) is 2.30. The van der Waals surface area contributed by atoms with Crippen LogP contribution < -0.4 is 9.88 Å². The number of rotatable bonds is 5. The number of hydrogen-bond acceptors (Lipinski definition) is 2. The molecule has 0 saturated carbocycles. The summed E-state index contributed by atoms with van der Waals surface area (Å²) in [6, 6.07) is 3.51. The summed E-state index contributed by atoms with van der Waals surface area (Å²) in [7, 11) is 0. The molecule has 1 aromatic rings. The first kappa shape index (κ1) is 13.4. The minimum Gasteiger partial charge on any atom is -0.350 e. The Bertz CT molecular complexity index is 414. The highest BCUT2D eigenvalue weighted by atomic mass is 16.2. The van der Waals surface area contributed by atoms with E-state index in [1.165, 1.54) is 6.92 Å². The van der Waals surface area contributed by atoms with Gasteiger partial charge in [-0.25, -0.2) is 0 Å². The molecule has 4 nitrogen and oxygen atoms in total. The van der Waals surface area contributed by atoms with Crippen LogP contribution in [0.4, 0.5) is 0 Å². The fraction of sp³-hybridized carbons (Fsp3) is 0.462. The van der Waals surface area contributed by atoms with Crippen molar-refractivity contribution in [1.29, 1.82) is 0 Å². The molecule has 0 fully saturated rings. The molecule has 0 aromatic carbocycles. The van der Waals surface area contributed by atoms with Crippen molar-refractivity contribution in [3.05, 3.63) is 30.1 Å². The number of aromatic nitrogens is 1. The zero-order chi connectivity index (χ0) is 12.8. The number of carbonyl (C=O) groups excluding carboxylic acids is 2. The van der Waals surface area contributed by atoms with E-state index in [4.69, 9.17) is 0 Å². The van der Waals surface area contributed by atoms with Gasteiger partial charge in [0.1, 0.15) is 0 Å². The molecule has 0 aliphatic heterocycles. The number of pyridine rings is 1. The lowest BCUT2D eigenvalue weighted by molar-refractivity contribution is -0.684. The van der Waals surface area contributed by atoms with Gasteiger partial charge < -0.3 is 5.32 Å². The maximum absolute atomic E-state index is 11.6. The topological polar surface area (TPSA) is 50.0 Å². The monoisotopic (exact) mass is 235 g/mol. The van der Waals surface area contributed by atoms with Crippen molar-refractivity contribution < 1.29 is 14.2 Å². The third-order valence-corrected chi connectivity index (χ3v) is 2.30. The van der Waals surface area contributed by atoms with Gasteiger partial charge in [0, 0.05) is 12.6 Å².